The van der Waals surface area contributed by atoms with E-state index in [1.54, 1.807) is 12.3 Å². The molecule has 0 atom stereocenters. The minimum atomic E-state index is 0.544. The molecule has 0 aliphatic rings. The van der Waals surface area contributed by atoms with Crippen LogP contribution in [-0.4, -0.2) is 11.3 Å². The Morgan fingerprint density at radius 2 is 2.17 bits per heavy atom. The number of carbonyl (C=O) groups excluding carboxylic acids is 1. The van der Waals surface area contributed by atoms with Crippen molar-refractivity contribution >= 4 is 22.9 Å². The van der Waals surface area contributed by atoms with Crippen LogP contribution in [0.5, 0.6) is 0 Å². The van der Waals surface area contributed by atoms with Gasteiger partial charge in [0.15, 0.2) is 6.29 Å². The Morgan fingerprint density at radius 1 is 1.33 bits per heavy atom. The van der Waals surface area contributed by atoms with E-state index in [-0.39, 0.29) is 0 Å². The number of H-pyrrole nitrogens is 1. The summed E-state index contributed by atoms with van der Waals surface area (Å²) < 4.78 is 0. The Bertz CT molecular complexity index is 431. The average Bonchev–Trinajstić information content (AvgIpc) is 2.53. The van der Waals surface area contributed by atoms with Gasteiger partial charge in [0, 0.05) is 22.7 Å². The maximum atomic E-state index is 10.5. The van der Waals surface area contributed by atoms with Crippen molar-refractivity contribution in [2.24, 2.45) is 0 Å². The van der Waals surface area contributed by atoms with E-state index < -0.39 is 0 Å². The molecule has 0 aliphatic carbocycles. The zero-order valence-corrected chi connectivity index (χ0v) is 6.37. The second-order valence-electron chi connectivity index (χ2n) is 2.63. The molecule has 0 spiro atoms. The van der Waals surface area contributed by atoms with E-state index >= 15 is 0 Å². The van der Waals surface area contributed by atoms with Gasteiger partial charge in [-0.3, -0.25) is 4.79 Å². The number of benzene rings is 1. The molecule has 1 heterocycles. The molecule has 3 nitrogen and oxygen atoms in total. The topological polar surface area (TPSA) is 58.9 Å². The van der Waals surface area contributed by atoms with Crippen molar-refractivity contribution in [3.63, 3.8) is 0 Å². The first-order chi connectivity index (χ1) is 5.83. The van der Waals surface area contributed by atoms with Crippen LogP contribution in [0.2, 0.25) is 0 Å². The Labute approximate surface area is 69.2 Å². The summed E-state index contributed by atoms with van der Waals surface area (Å²) in [5.41, 5.74) is 7.77. The SMILES string of the molecule is Nc1c(C=O)ccc2[nH]ccc12. The van der Waals surface area contributed by atoms with Gasteiger partial charge >= 0.3 is 0 Å². The third kappa shape index (κ3) is 0.797. The lowest BCUT2D eigenvalue weighted by Gasteiger charge is -1.98. The first-order valence-electron chi connectivity index (χ1n) is 3.63. The molecule has 1 aromatic carbocycles. The van der Waals surface area contributed by atoms with Crippen LogP contribution < -0.4 is 5.73 Å². The van der Waals surface area contributed by atoms with E-state index in [4.69, 9.17) is 5.73 Å². The standard InChI is InChI=1S/C9H8N2O/c10-9-6(5-12)1-2-8-7(9)3-4-11-8/h1-5,11H,10H2. The summed E-state index contributed by atoms with van der Waals surface area (Å²) in [6, 6.07) is 5.41. The summed E-state index contributed by atoms with van der Waals surface area (Å²) in [5.74, 6) is 0. The molecule has 0 saturated carbocycles. The summed E-state index contributed by atoms with van der Waals surface area (Å²) in [7, 11) is 0. The number of aromatic nitrogens is 1. The lowest BCUT2D eigenvalue weighted by molar-refractivity contribution is 0.112. The fourth-order valence-corrected chi connectivity index (χ4v) is 1.28. The highest BCUT2D eigenvalue weighted by Gasteiger charge is 2.02. The van der Waals surface area contributed by atoms with Gasteiger partial charge in [0.2, 0.25) is 0 Å². The number of nitrogens with two attached hydrogens (primary N) is 1. The minimum Gasteiger partial charge on any atom is -0.398 e. The van der Waals surface area contributed by atoms with Crippen LogP contribution in [0.25, 0.3) is 10.9 Å². The van der Waals surface area contributed by atoms with Crippen molar-refractivity contribution < 1.29 is 4.79 Å². The average molecular weight is 160 g/mol. The van der Waals surface area contributed by atoms with Gasteiger partial charge in [0.05, 0.1) is 5.69 Å². The van der Waals surface area contributed by atoms with Crippen molar-refractivity contribution in [3.05, 3.63) is 30.0 Å². The van der Waals surface area contributed by atoms with E-state index in [0.717, 1.165) is 17.2 Å². The molecule has 0 fully saturated rings. The predicted octanol–water partition coefficient (Wildman–Crippen LogP) is 1.56. The largest absolute Gasteiger partial charge is 0.398 e. The fraction of sp³-hybridized carbons (Fsp3) is 0. The molecule has 3 heteroatoms. The number of carbonyl (C=O) groups is 1. The maximum Gasteiger partial charge on any atom is 0.152 e. The minimum absolute atomic E-state index is 0.544. The number of aldehydes is 1. The van der Waals surface area contributed by atoms with Gasteiger partial charge in [-0.25, -0.2) is 0 Å². The highest BCUT2D eigenvalue weighted by Crippen LogP contribution is 2.22. The van der Waals surface area contributed by atoms with E-state index in [1.807, 2.05) is 12.1 Å². The molecule has 3 N–H and O–H groups in total. The predicted molar refractivity (Wildman–Crippen MR) is 48.1 cm³/mol. The molecule has 0 saturated heterocycles. The lowest BCUT2D eigenvalue weighted by Crippen LogP contribution is -1.92. The monoisotopic (exact) mass is 160 g/mol. The van der Waals surface area contributed by atoms with Crippen molar-refractivity contribution in [3.8, 4) is 0 Å². The summed E-state index contributed by atoms with van der Waals surface area (Å²) in [6.07, 6.45) is 2.57. The van der Waals surface area contributed by atoms with Gasteiger partial charge in [-0.05, 0) is 18.2 Å². The van der Waals surface area contributed by atoms with E-state index in [2.05, 4.69) is 4.98 Å². The zero-order valence-electron chi connectivity index (χ0n) is 6.37. The normalized spacial score (nSPS) is 10.3. The molecule has 1 aromatic heterocycles. The van der Waals surface area contributed by atoms with Crippen molar-refractivity contribution in [1.29, 1.82) is 0 Å². The van der Waals surface area contributed by atoms with Crippen LogP contribution in [0.4, 0.5) is 5.69 Å². The first-order valence-corrected chi connectivity index (χ1v) is 3.63. The first kappa shape index (κ1) is 6.91. The van der Waals surface area contributed by atoms with Gasteiger partial charge in [-0.1, -0.05) is 0 Å². The molecule has 0 aliphatic heterocycles. The van der Waals surface area contributed by atoms with Gasteiger partial charge < -0.3 is 10.7 Å². The van der Waals surface area contributed by atoms with Crippen LogP contribution in [0.1, 0.15) is 10.4 Å². The van der Waals surface area contributed by atoms with Crippen LogP contribution in [0, 0.1) is 0 Å². The molecular formula is C9H8N2O. The fourth-order valence-electron chi connectivity index (χ4n) is 1.28. The molecule has 12 heavy (non-hydrogen) atoms. The quantitative estimate of drug-likeness (QED) is 0.491. The van der Waals surface area contributed by atoms with Crippen LogP contribution in [-0.2, 0) is 0 Å². The second kappa shape index (κ2) is 2.37. The molecular weight excluding hydrogens is 152 g/mol. The maximum absolute atomic E-state index is 10.5. The number of rotatable bonds is 1. The zero-order chi connectivity index (χ0) is 8.55. The number of hydrogen-bond acceptors (Lipinski definition) is 2. The second-order valence-corrected chi connectivity index (χ2v) is 2.63. The Hall–Kier alpha value is -1.77. The van der Waals surface area contributed by atoms with Gasteiger partial charge in [-0.2, -0.15) is 0 Å². The number of aromatic amines is 1. The van der Waals surface area contributed by atoms with Crippen molar-refractivity contribution in [2.45, 2.75) is 0 Å². The Morgan fingerprint density at radius 3 is 2.92 bits per heavy atom. The van der Waals surface area contributed by atoms with Gasteiger partial charge in [-0.15, -0.1) is 0 Å². The van der Waals surface area contributed by atoms with Crippen molar-refractivity contribution in [2.75, 3.05) is 5.73 Å². The molecule has 0 unspecified atom stereocenters. The number of hydrogen-bond donors (Lipinski definition) is 2. The number of nitrogen functional groups attached to an aromatic ring is 1. The van der Waals surface area contributed by atoms with Gasteiger partial charge in [0.1, 0.15) is 0 Å². The molecule has 0 amide bonds. The van der Waals surface area contributed by atoms with Gasteiger partial charge in [0.25, 0.3) is 0 Å². The third-order valence-corrected chi connectivity index (χ3v) is 1.94. The molecule has 2 rings (SSSR count). The highest BCUT2D eigenvalue weighted by molar-refractivity contribution is 5.99. The number of nitrogens with one attached hydrogen (secondary N) is 1. The van der Waals surface area contributed by atoms with E-state index in [0.29, 0.717) is 11.3 Å². The van der Waals surface area contributed by atoms with E-state index in [9.17, 15) is 4.79 Å². The summed E-state index contributed by atoms with van der Waals surface area (Å²) >= 11 is 0. The Balaban J connectivity index is 2.86. The number of anilines is 1. The highest BCUT2D eigenvalue weighted by atomic mass is 16.1. The molecule has 60 valence electrons. The van der Waals surface area contributed by atoms with Crippen molar-refractivity contribution in [1.82, 2.24) is 4.98 Å². The van der Waals surface area contributed by atoms with Crippen LogP contribution in [0.15, 0.2) is 24.4 Å². The smallest absolute Gasteiger partial charge is 0.152 e. The van der Waals surface area contributed by atoms with E-state index in [1.165, 1.54) is 0 Å². The summed E-state index contributed by atoms with van der Waals surface area (Å²) in [5, 5.41) is 0.902. The Kier molecular flexibility index (Phi) is 1.37. The third-order valence-electron chi connectivity index (χ3n) is 1.94. The number of fused-ring (bicyclic) bond motifs is 1. The molecule has 2 aromatic rings. The summed E-state index contributed by atoms with van der Waals surface area (Å²) in [6.45, 7) is 0. The lowest BCUT2D eigenvalue weighted by atomic mass is 10.1. The van der Waals surface area contributed by atoms with Crippen LogP contribution >= 0.6 is 0 Å². The molecule has 0 radical (unpaired) electrons. The molecule has 0 bridgehead atoms. The van der Waals surface area contributed by atoms with Crippen LogP contribution in [0.3, 0.4) is 0 Å². The summed E-state index contributed by atoms with van der Waals surface area (Å²) in [4.78, 5) is 13.5.